The van der Waals surface area contributed by atoms with Crippen molar-refractivity contribution in [1.82, 2.24) is 5.16 Å². The lowest BCUT2D eigenvalue weighted by Crippen LogP contribution is -2.16. The number of anilines is 1. The zero-order valence-corrected chi connectivity index (χ0v) is 12.8. The van der Waals surface area contributed by atoms with Gasteiger partial charge in [0.25, 0.3) is 10.0 Å². The lowest BCUT2D eigenvalue weighted by molar-refractivity contribution is 0.390. The maximum Gasteiger partial charge on any atom is 0.267 e. The molecule has 0 spiro atoms. The molecule has 1 N–H and O–H groups in total. The van der Waals surface area contributed by atoms with Crippen LogP contribution in [0.2, 0.25) is 0 Å². The van der Waals surface area contributed by atoms with Crippen LogP contribution in [-0.2, 0) is 16.4 Å². The van der Waals surface area contributed by atoms with Crippen molar-refractivity contribution in [1.29, 1.82) is 0 Å². The first-order chi connectivity index (χ1) is 9.36. The Morgan fingerprint density at radius 2 is 1.95 bits per heavy atom. The van der Waals surface area contributed by atoms with Crippen LogP contribution in [0.3, 0.4) is 0 Å². The average Bonchev–Trinajstić information content (AvgIpc) is 2.72. The minimum atomic E-state index is -3.69. The minimum Gasteiger partial charge on any atom is -0.360 e. The molecule has 0 fully saturated rings. The first-order valence-electron chi connectivity index (χ1n) is 6.41. The lowest BCUT2D eigenvalue weighted by Gasteiger charge is -2.14. The van der Waals surface area contributed by atoms with E-state index in [1.54, 1.807) is 13.8 Å². The molecular formula is C14H18N2O3S. The molecular weight excluding hydrogens is 276 g/mol. The SMILES string of the molecule is CCc1cccc(C)c1NS(=O)(=O)c1c(C)noc1C. The van der Waals surface area contributed by atoms with Crippen molar-refractivity contribution in [2.75, 3.05) is 4.72 Å². The highest BCUT2D eigenvalue weighted by molar-refractivity contribution is 7.92. The van der Waals surface area contributed by atoms with Crippen molar-refractivity contribution < 1.29 is 12.9 Å². The molecule has 108 valence electrons. The van der Waals surface area contributed by atoms with Gasteiger partial charge in [-0.3, -0.25) is 4.72 Å². The van der Waals surface area contributed by atoms with Gasteiger partial charge in [0, 0.05) is 0 Å². The molecule has 0 amide bonds. The van der Waals surface area contributed by atoms with Crippen LogP contribution in [-0.4, -0.2) is 13.6 Å². The predicted octanol–water partition coefficient (Wildman–Crippen LogP) is 2.96. The van der Waals surface area contributed by atoms with Gasteiger partial charge >= 0.3 is 0 Å². The molecule has 0 radical (unpaired) electrons. The summed E-state index contributed by atoms with van der Waals surface area (Å²) in [7, 11) is -3.69. The fourth-order valence-electron chi connectivity index (χ4n) is 2.21. The molecule has 0 aliphatic rings. The third kappa shape index (κ3) is 2.56. The summed E-state index contributed by atoms with van der Waals surface area (Å²) in [5.74, 6) is 0.293. The second-order valence-corrected chi connectivity index (χ2v) is 6.34. The topological polar surface area (TPSA) is 72.2 Å². The standard InChI is InChI=1S/C14H18N2O3S/c1-5-12-8-6-7-9(2)13(12)16-20(17,18)14-10(3)15-19-11(14)4/h6-8,16H,5H2,1-4H3. The molecule has 0 bridgehead atoms. The lowest BCUT2D eigenvalue weighted by atomic mass is 10.1. The second kappa shape index (κ2) is 5.28. The fraction of sp³-hybridized carbons (Fsp3) is 0.357. The van der Waals surface area contributed by atoms with Crippen LogP contribution >= 0.6 is 0 Å². The van der Waals surface area contributed by atoms with Crippen molar-refractivity contribution in [2.45, 2.75) is 39.0 Å². The molecule has 0 unspecified atom stereocenters. The van der Waals surface area contributed by atoms with E-state index in [1.807, 2.05) is 32.0 Å². The number of benzene rings is 1. The Bertz CT molecular complexity index is 713. The number of para-hydroxylation sites is 1. The smallest absolute Gasteiger partial charge is 0.267 e. The number of sulfonamides is 1. The monoisotopic (exact) mass is 294 g/mol. The number of aryl methyl sites for hydroxylation is 4. The molecule has 2 rings (SSSR count). The summed E-state index contributed by atoms with van der Waals surface area (Å²) in [6.07, 6.45) is 0.751. The van der Waals surface area contributed by atoms with E-state index >= 15 is 0 Å². The second-order valence-electron chi connectivity index (χ2n) is 4.72. The van der Waals surface area contributed by atoms with Gasteiger partial charge < -0.3 is 4.52 Å². The van der Waals surface area contributed by atoms with Crippen LogP contribution in [0.15, 0.2) is 27.6 Å². The third-order valence-electron chi connectivity index (χ3n) is 3.21. The Hall–Kier alpha value is -1.82. The third-order valence-corrected chi connectivity index (χ3v) is 4.81. The van der Waals surface area contributed by atoms with Gasteiger partial charge in [-0.1, -0.05) is 30.3 Å². The molecule has 6 heteroatoms. The first kappa shape index (κ1) is 14.6. The van der Waals surface area contributed by atoms with Crippen molar-refractivity contribution in [3.8, 4) is 0 Å². The van der Waals surface area contributed by atoms with Crippen LogP contribution in [0.25, 0.3) is 0 Å². The maximum atomic E-state index is 12.5. The van der Waals surface area contributed by atoms with E-state index in [2.05, 4.69) is 9.88 Å². The van der Waals surface area contributed by atoms with E-state index in [0.717, 1.165) is 17.5 Å². The molecule has 1 aromatic carbocycles. The number of hydrogen-bond acceptors (Lipinski definition) is 4. The summed E-state index contributed by atoms with van der Waals surface area (Å²) < 4.78 is 32.6. The zero-order chi connectivity index (χ0) is 14.9. The van der Waals surface area contributed by atoms with Crippen LogP contribution < -0.4 is 4.72 Å². The summed E-state index contributed by atoms with van der Waals surface area (Å²) in [6, 6.07) is 5.71. The van der Waals surface area contributed by atoms with Crippen LogP contribution in [0, 0.1) is 20.8 Å². The number of nitrogens with zero attached hydrogens (tertiary/aromatic N) is 1. The van der Waals surface area contributed by atoms with Gasteiger partial charge in [0.1, 0.15) is 5.69 Å². The van der Waals surface area contributed by atoms with Gasteiger partial charge in [-0.15, -0.1) is 0 Å². The quantitative estimate of drug-likeness (QED) is 0.941. The number of nitrogens with one attached hydrogen (secondary N) is 1. The highest BCUT2D eigenvalue weighted by Gasteiger charge is 2.25. The van der Waals surface area contributed by atoms with Gasteiger partial charge in [0.2, 0.25) is 0 Å². The molecule has 0 aliphatic carbocycles. The van der Waals surface area contributed by atoms with Crippen LogP contribution in [0.4, 0.5) is 5.69 Å². The maximum absolute atomic E-state index is 12.5. The molecule has 20 heavy (non-hydrogen) atoms. The summed E-state index contributed by atoms with van der Waals surface area (Å²) >= 11 is 0. The molecule has 1 aromatic heterocycles. The highest BCUT2D eigenvalue weighted by Crippen LogP contribution is 2.27. The highest BCUT2D eigenvalue weighted by atomic mass is 32.2. The van der Waals surface area contributed by atoms with E-state index in [0.29, 0.717) is 17.1 Å². The Kier molecular flexibility index (Phi) is 3.85. The van der Waals surface area contributed by atoms with Gasteiger partial charge in [0.05, 0.1) is 5.69 Å². The molecule has 0 atom stereocenters. The number of hydrogen-bond donors (Lipinski definition) is 1. The summed E-state index contributed by atoms with van der Waals surface area (Å²) in [4.78, 5) is 0.114. The van der Waals surface area contributed by atoms with Crippen LogP contribution in [0.5, 0.6) is 0 Å². The largest absolute Gasteiger partial charge is 0.360 e. The van der Waals surface area contributed by atoms with Crippen molar-refractivity contribution >= 4 is 15.7 Å². The van der Waals surface area contributed by atoms with Gasteiger partial charge in [-0.2, -0.15) is 0 Å². The van der Waals surface area contributed by atoms with Gasteiger partial charge in [-0.25, -0.2) is 8.42 Å². The summed E-state index contributed by atoms with van der Waals surface area (Å²) in [5.41, 5.74) is 2.84. The molecule has 0 aliphatic heterocycles. The van der Waals surface area contributed by atoms with E-state index in [4.69, 9.17) is 4.52 Å². The van der Waals surface area contributed by atoms with E-state index < -0.39 is 10.0 Å². The summed E-state index contributed by atoms with van der Waals surface area (Å²) in [5, 5.41) is 3.69. The number of rotatable bonds is 4. The van der Waals surface area contributed by atoms with Crippen molar-refractivity contribution in [3.05, 3.63) is 40.8 Å². The van der Waals surface area contributed by atoms with Gasteiger partial charge in [0.15, 0.2) is 10.7 Å². The minimum absolute atomic E-state index is 0.114. The summed E-state index contributed by atoms with van der Waals surface area (Å²) in [6.45, 7) is 7.07. The van der Waals surface area contributed by atoms with Crippen molar-refractivity contribution in [3.63, 3.8) is 0 Å². The normalized spacial score (nSPS) is 11.6. The molecule has 5 nitrogen and oxygen atoms in total. The molecule has 1 heterocycles. The Morgan fingerprint density at radius 3 is 2.50 bits per heavy atom. The van der Waals surface area contributed by atoms with E-state index in [9.17, 15) is 8.42 Å². The Morgan fingerprint density at radius 1 is 1.25 bits per heavy atom. The molecule has 0 saturated carbocycles. The Labute approximate surface area is 119 Å². The molecule has 0 saturated heterocycles. The fourth-order valence-corrected chi connectivity index (χ4v) is 3.72. The van der Waals surface area contributed by atoms with Gasteiger partial charge in [-0.05, 0) is 38.3 Å². The average molecular weight is 294 g/mol. The van der Waals surface area contributed by atoms with E-state index in [-0.39, 0.29) is 4.90 Å². The van der Waals surface area contributed by atoms with E-state index in [1.165, 1.54) is 0 Å². The van der Waals surface area contributed by atoms with Crippen LogP contribution in [0.1, 0.15) is 29.5 Å². The number of aromatic nitrogens is 1. The predicted molar refractivity (Wildman–Crippen MR) is 77.3 cm³/mol. The van der Waals surface area contributed by atoms with Crippen molar-refractivity contribution in [2.24, 2.45) is 0 Å². The molecule has 2 aromatic rings. The zero-order valence-electron chi connectivity index (χ0n) is 12.0. The first-order valence-corrected chi connectivity index (χ1v) is 7.89. The Balaban J connectivity index is 2.50.